The Labute approximate surface area is 180 Å². The third-order valence-electron chi connectivity index (χ3n) is 5.99. The summed E-state index contributed by atoms with van der Waals surface area (Å²) in [5.74, 6) is 1.20. The SMILES string of the molecule is O=C(NCCSC1CCCC1)C1CCN(S(=O)(=O)CCCc2ccccc2)CC1. The first-order chi connectivity index (χ1) is 14.0. The molecule has 0 unspecified atom stereocenters. The van der Waals surface area contributed by atoms with Gasteiger partial charge in [0.25, 0.3) is 0 Å². The van der Waals surface area contributed by atoms with E-state index in [2.05, 4.69) is 5.32 Å². The molecule has 162 valence electrons. The summed E-state index contributed by atoms with van der Waals surface area (Å²) in [6.45, 7) is 1.64. The summed E-state index contributed by atoms with van der Waals surface area (Å²) < 4.78 is 26.8. The van der Waals surface area contributed by atoms with Gasteiger partial charge in [0, 0.05) is 36.6 Å². The minimum Gasteiger partial charge on any atom is -0.355 e. The van der Waals surface area contributed by atoms with Gasteiger partial charge >= 0.3 is 0 Å². The smallest absolute Gasteiger partial charge is 0.223 e. The molecule has 7 heteroatoms. The molecule has 1 aromatic carbocycles. The average Bonchev–Trinajstić information content (AvgIpc) is 3.25. The number of piperidine rings is 1. The van der Waals surface area contributed by atoms with Crippen LogP contribution in [-0.2, 0) is 21.2 Å². The molecule has 2 fully saturated rings. The highest BCUT2D eigenvalue weighted by Crippen LogP contribution is 2.29. The van der Waals surface area contributed by atoms with Crippen LogP contribution in [0.15, 0.2) is 30.3 Å². The number of thioether (sulfide) groups is 1. The fourth-order valence-corrected chi connectivity index (χ4v) is 6.98. The summed E-state index contributed by atoms with van der Waals surface area (Å²) in [6.07, 6.45) is 7.98. The number of nitrogens with one attached hydrogen (secondary N) is 1. The molecule has 1 N–H and O–H groups in total. The second kappa shape index (κ2) is 11.4. The van der Waals surface area contributed by atoms with E-state index in [-0.39, 0.29) is 17.6 Å². The van der Waals surface area contributed by atoms with Gasteiger partial charge in [-0.3, -0.25) is 4.79 Å². The van der Waals surface area contributed by atoms with Crippen LogP contribution in [0.2, 0.25) is 0 Å². The molecule has 1 amide bonds. The third kappa shape index (κ3) is 7.30. The van der Waals surface area contributed by atoms with Crippen LogP contribution in [0.5, 0.6) is 0 Å². The van der Waals surface area contributed by atoms with Crippen molar-refractivity contribution < 1.29 is 13.2 Å². The minimum atomic E-state index is -3.23. The van der Waals surface area contributed by atoms with Gasteiger partial charge in [-0.1, -0.05) is 43.2 Å². The van der Waals surface area contributed by atoms with Gasteiger partial charge in [-0.15, -0.1) is 0 Å². The summed E-state index contributed by atoms with van der Waals surface area (Å²) in [6, 6.07) is 9.99. The van der Waals surface area contributed by atoms with E-state index in [0.717, 1.165) is 24.0 Å². The summed E-state index contributed by atoms with van der Waals surface area (Å²) in [5, 5.41) is 3.83. The van der Waals surface area contributed by atoms with Gasteiger partial charge in [-0.25, -0.2) is 12.7 Å². The van der Waals surface area contributed by atoms with Gasteiger partial charge < -0.3 is 5.32 Å². The lowest BCUT2D eigenvalue weighted by Gasteiger charge is -2.30. The molecule has 0 aromatic heterocycles. The highest BCUT2D eigenvalue weighted by molar-refractivity contribution is 7.99. The van der Waals surface area contributed by atoms with Crippen molar-refractivity contribution in [2.24, 2.45) is 5.92 Å². The highest BCUT2D eigenvalue weighted by Gasteiger charge is 2.30. The number of aryl methyl sites for hydroxylation is 1. The zero-order chi connectivity index (χ0) is 20.5. The largest absolute Gasteiger partial charge is 0.355 e. The maximum atomic E-state index is 12.6. The van der Waals surface area contributed by atoms with Crippen molar-refractivity contribution in [2.45, 2.75) is 56.6 Å². The number of hydrogen-bond acceptors (Lipinski definition) is 4. The van der Waals surface area contributed by atoms with Crippen LogP contribution in [-0.4, -0.2) is 55.0 Å². The zero-order valence-corrected chi connectivity index (χ0v) is 18.9. The van der Waals surface area contributed by atoms with Crippen LogP contribution in [0.1, 0.15) is 50.5 Å². The van der Waals surface area contributed by atoms with Gasteiger partial charge in [0.05, 0.1) is 5.75 Å². The molecule has 1 saturated heterocycles. The molecule has 5 nitrogen and oxygen atoms in total. The predicted octanol–water partition coefficient (Wildman–Crippen LogP) is 3.45. The summed E-state index contributed by atoms with van der Waals surface area (Å²) in [7, 11) is -3.23. The van der Waals surface area contributed by atoms with Crippen LogP contribution in [0.25, 0.3) is 0 Å². The first-order valence-electron chi connectivity index (χ1n) is 11.0. The van der Waals surface area contributed by atoms with Gasteiger partial charge in [0.1, 0.15) is 0 Å². The van der Waals surface area contributed by atoms with Crippen LogP contribution in [0.4, 0.5) is 0 Å². The fourth-order valence-electron chi connectivity index (χ4n) is 4.23. The first kappa shape index (κ1) is 22.6. The number of hydrogen-bond donors (Lipinski definition) is 1. The second-order valence-corrected chi connectivity index (χ2v) is 11.6. The van der Waals surface area contributed by atoms with E-state index in [9.17, 15) is 13.2 Å². The average molecular weight is 439 g/mol. The first-order valence-corrected chi connectivity index (χ1v) is 13.6. The molecule has 1 aromatic rings. The number of amides is 1. The monoisotopic (exact) mass is 438 g/mol. The predicted molar refractivity (Wildman–Crippen MR) is 121 cm³/mol. The van der Waals surface area contributed by atoms with E-state index in [4.69, 9.17) is 0 Å². The standard InChI is InChI=1S/C22H34N2O3S2/c25-22(23-14-17-28-21-10-4-5-11-21)20-12-15-24(16-13-20)29(26,27)18-6-9-19-7-2-1-3-8-19/h1-3,7-8,20-21H,4-6,9-18H2,(H,23,25). The van der Waals surface area contributed by atoms with Crippen molar-refractivity contribution in [3.05, 3.63) is 35.9 Å². The number of benzene rings is 1. The molecule has 0 spiro atoms. The van der Waals surface area contributed by atoms with E-state index in [1.807, 2.05) is 42.1 Å². The summed E-state index contributed by atoms with van der Waals surface area (Å²) >= 11 is 1.98. The van der Waals surface area contributed by atoms with E-state index in [1.54, 1.807) is 4.31 Å². The van der Waals surface area contributed by atoms with Crippen LogP contribution in [0, 0.1) is 5.92 Å². The molecular formula is C22H34N2O3S2. The summed E-state index contributed by atoms with van der Waals surface area (Å²) in [4.78, 5) is 12.4. The van der Waals surface area contributed by atoms with Crippen molar-refractivity contribution in [3.8, 4) is 0 Å². The van der Waals surface area contributed by atoms with Crippen molar-refractivity contribution >= 4 is 27.7 Å². The van der Waals surface area contributed by atoms with Crippen LogP contribution >= 0.6 is 11.8 Å². The molecule has 1 aliphatic heterocycles. The van der Waals surface area contributed by atoms with Crippen LogP contribution < -0.4 is 5.32 Å². The molecular weight excluding hydrogens is 404 g/mol. The number of nitrogens with zero attached hydrogens (tertiary/aromatic N) is 1. The Morgan fingerprint density at radius 1 is 1.07 bits per heavy atom. The minimum absolute atomic E-state index is 0.0535. The van der Waals surface area contributed by atoms with E-state index in [1.165, 1.54) is 31.2 Å². The Morgan fingerprint density at radius 2 is 1.76 bits per heavy atom. The van der Waals surface area contributed by atoms with Gasteiger partial charge in [-0.2, -0.15) is 11.8 Å². The Kier molecular flexibility index (Phi) is 8.87. The maximum absolute atomic E-state index is 12.6. The lowest BCUT2D eigenvalue weighted by Crippen LogP contribution is -2.44. The van der Waals surface area contributed by atoms with Crippen molar-refractivity contribution in [1.29, 1.82) is 0 Å². The number of rotatable bonds is 10. The molecule has 29 heavy (non-hydrogen) atoms. The molecule has 0 bridgehead atoms. The molecule has 1 saturated carbocycles. The van der Waals surface area contributed by atoms with E-state index >= 15 is 0 Å². The lowest BCUT2D eigenvalue weighted by molar-refractivity contribution is -0.125. The third-order valence-corrected chi connectivity index (χ3v) is 9.32. The fraction of sp³-hybridized carbons (Fsp3) is 0.682. The Bertz CT molecular complexity index is 726. The topological polar surface area (TPSA) is 66.5 Å². The van der Waals surface area contributed by atoms with E-state index < -0.39 is 10.0 Å². The molecule has 1 heterocycles. The molecule has 2 aliphatic rings. The van der Waals surface area contributed by atoms with Gasteiger partial charge in [-0.05, 0) is 44.1 Å². The summed E-state index contributed by atoms with van der Waals surface area (Å²) in [5.41, 5.74) is 1.17. The number of carbonyl (C=O) groups excluding carboxylic acids is 1. The lowest BCUT2D eigenvalue weighted by atomic mass is 9.97. The Balaban J connectivity index is 1.32. The number of carbonyl (C=O) groups is 1. The van der Waals surface area contributed by atoms with Crippen LogP contribution in [0.3, 0.4) is 0 Å². The highest BCUT2D eigenvalue weighted by atomic mass is 32.2. The second-order valence-electron chi connectivity index (χ2n) is 8.15. The van der Waals surface area contributed by atoms with Crippen molar-refractivity contribution in [3.63, 3.8) is 0 Å². The van der Waals surface area contributed by atoms with Crippen molar-refractivity contribution in [1.82, 2.24) is 9.62 Å². The van der Waals surface area contributed by atoms with Gasteiger partial charge in [0.15, 0.2) is 0 Å². The normalized spacial score (nSPS) is 19.4. The quantitative estimate of drug-likeness (QED) is 0.568. The maximum Gasteiger partial charge on any atom is 0.223 e. The molecule has 0 radical (unpaired) electrons. The molecule has 3 rings (SSSR count). The number of sulfonamides is 1. The molecule has 0 atom stereocenters. The van der Waals surface area contributed by atoms with Gasteiger partial charge in [0.2, 0.25) is 15.9 Å². The molecule has 1 aliphatic carbocycles. The Hall–Kier alpha value is -1.05. The zero-order valence-electron chi connectivity index (χ0n) is 17.2. The van der Waals surface area contributed by atoms with Crippen molar-refractivity contribution in [2.75, 3.05) is 31.1 Å². The Morgan fingerprint density at radius 3 is 2.45 bits per heavy atom. The van der Waals surface area contributed by atoms with E-state index in [0.29, 0.717) is 32.4 Å².